The summed E-state index contributed by atoms with van der Waals surface area (Å²) in [5.41, 5.74) is 0.565. The zero-order valence-electron chi connectivity index (χ0n) is 9.34. The summed E-state index contributed by atoms with van der Waals surface area (Å²) in [5, 5.41) is 17.4. The summed E-state index contributed by atoms with van der Waals surface area (Å²) in [6, 6.07) is 0. The summed E-state index contributed by atoms with van der Waals surface area (Å²) >= 11 is 0. The van der Waals surface area contributed by atoms with Gasteiger partial charge in [-0.2, -0.15) is 0 Å². The minimum Gasteiger partial charge on any atom is -0.365 e. The van der Waals surface area contributed by atoms with Gasteiger partial charge < -0.3 is 19.3 Å². The summed E-state index contributed by atoms with van der Waals surface area (Å²) in [5.74, 6) is 0. The van der Waals surface area contributed by atoms with Crippen LogP contribution in [0.2, 0.25) is 0 Å². The van der Waals surface area contributed by atoms with Crippen LogP contribution in [0.25, 0.3) is 0 Å². The molecule has 0 aliphatic rings. The van der Waals surface area contributed by atoms with Crippen LogP contribution in [0, 0.1) is 0 Å². The number of aliphatic hydroxyl groups excluding tert-OH is 1. The highest BCUT2D eigenvalue weighted by atomic mass is 31.2. The average molecular weight is 238 g/mol. The van der Waals surface area contributed by atoms with E-state index in [2.05, 4.69) is 0 Å². The lowest BCUT2D eigenvalue weighted by molar-refractivity contribution is 0.00178. The largest absolute Gasteiger partial charge is 0.365 e. The Labute approximate surface area is 90.2 Å². The molecule has 0 rings (SSSR count). The molecule has 0 aromatic carbocycles. The first-order valence-corrected chi connectivity index (χ1v) is 6.58. The van der Waals surface area contributed by atoms with Gasteiger partial charge in [-0.05, 0) is 26.8 Å². The lowest BCUT2D eigenvalue weighted by Crippen LogP contribution is -2.05. The Bertz CT molecular complexity index is 239. The van der Waals surface area contributed by atoms with E-state index in [1.807, 2.05) is 0 Å². The van der Waals surface area contributed by atoms with Gasteiger partial charge in [-0.15, -0.1) is 0 Å². The van der Waals surface area contributed by atoms with Crippen molar-refractivity contribution in [1.29, 1.82) is 0 Å². The van der Waals surface area contributed by atoms with Gasteiger partial charge in [0.1, 0.15) is 0 Å². The third kappa shape index (κ3) is 6.82. The van der Waals surface area contributed by atoms with Crippen molar-refractivity contribution in [2.24, 2.45) is 0 Å². The Kier molecular flexibility index (Phi) is 7.05. The SMILES string of the molecule is CCOP(=O)(CC(C)=CC(O)O)OCC. The van der Waals surface area contributed by atoms with E-state index in [1.54, 1.807) is 20.8 Å². The van der Waals surface area contributed by atoms with Gasteiger partial charge in [0, 0.05) is 0 Å². The molecule has 0 atom stereocenters. The predicted molar refractivity (Wildman–Crippen MR) is 57.7 cm³/mol. The molecule has 15 heavy (non-hydrogen) atoms. The van der Waals surface area contributed by atoms with Crippen LogP contribution in [0.15, 0.2) is 11.6 Å². The van der Waals surface area contributed by atoms with E-state index < -0.39 is 13.9 Å². The second kappa shape index (κ2) is 7.14. The number of allylic oxidation sites excluding steroid dienone is 1. The lowest BCUT2D eigenvalue weighted by atomic mass is 10.3. The maximum absolute atomic E-state index is 12.0. The van der Waals surface area contributed by atoms with Crippen LogP contribution in [0.3, 0.4) is 0 Å². The van der Waals surface area contributed by atoms with Crippen molar-refractivity contribution in [3.05, 3.63) is 11.6 Å². The number of rotatable bonds is 7. The Morgan fingerprint density at radius 2 is 1.80 bits per heavy atom. The van der Waals surface area contributed by atoms with Gasteiger partial charge >= 0.3 is 7.60 Å². The van der Waals surface area contributed by atoms with Gasteiger partial charge in [-0.25, -0.2) is 0 Å². The highest BCUT2D eigenvalue weighted by Gasteiger charge is 2.23. The molecule has 2 N–H and O–H groups in total. The fourth-order valence-corrected chi connectivity index (χ4v) is 2.89. The van der Waals surface area contributed by atoms with Gasteiger partial charge in [-0.3, -0.25) is 4.57 Å². The first kappa shape index (κ1) is 14.8. The molecular weight excluding hydrogens is 219 g/mol. The maximum Gasteiger partial charge on any atom is 0.334 e. The molecule has 0 radical (unpaired) electrons. The average Bonchev–Trinajstić information content (AvgIpc) is 2.01. The van der Waals surface area contributed by atoms with E-state index in [9.17, 15) is 4.57 Å². The molecule has 0 spiro atoms. The molecule has 0 aliphatic carbocycles. The zero-order chi connectivity index (χ0) is 11.9. The normalized spacial score (nSPS) is 13.6. The van der Waals surface area contributed by atoms with Gasteiger partial charge in [0.2, 0.25) is 0 Å². The smallest absolute Gasteiger partial charge is 0.334 e. The predicted octanol–water partition coefficient (Wildman–Crippen LogP) is 1.51. The van der Waals surface area contributed by atoms with Crippen LogP contribution in [-0.2, 0) is 13.6 Å². The van der Waals surface area contributed by atoms with E-state index in [0.29, 0.717) is 18.8 Å². The lowest BCUT2D eigenvalue weighted by Gasteiger charge is -2.17. The van der Waals surface area contributed by atoms with Crippen LogP contribution in [0.4, 0.5) is 0 Å². The van der Waals surface area contributed by atoms with Crippen LogP contribution >= 0.6 is 7.60 Å². The van der Waals surface area contributed by atoms with Crippen LogP contribution < -0.4 is 0 Å². The van der Waals surface area contributed by atoms with E-state index >= 15 is 0 Å². The van der Waals surface area contributed by atoms with E-state index in [-0.39, 0.29) is 6.16 Å². The van der Waals surface area contributed by atoms with Crippen molar-refractivity contribution in [2.75, 3.05) is 19.4 Å². The monoisotopic (exact) mass is 238 g/mol. The molecule has 0 unspecified atom stereocenters. The molecule has 5 nitrogen and oxygen atoms in total. The molecular formula is C9H19O5P. The van der Waals surface area contributed by atoms with E-state index in [1.165, 1.54) is 6.08 Å². The highest BCUT2D eigenvalue weighted by Crippen LogP contribution is 2.49. The van der Waals surface area contributed by atoms with Crippen molar-refractivity contribution in [2.45, 2.75) is 27.1 Å². The molecule has 0 bridgehead atoms. The van der Waals surface area contributed by atoms with Crippen molar-refractivity contribution in [3.63, 3.8) is 0 Å². The minimum absolute atomic E-state index is 0.0757. The fraction of sp³-hybridized carbons (Fsp3) is 0.778. The second-order valence-corrected chi connectivity index (χ2v) is 5.09. The quantitative estimate of drug-likeness (QED) is 0.399. The maximum atomic E-state index is 12.0. The Morgan fingerprint density at radius 3 is 2.13 bits per heavy atom. The summed E-state index contributed by atoms with van der Waals surface area (Å²) in [6.45, 7) is 5.69. The third-order valence-electron chi connectivity index (χ3n) is 1.53. The Morgan fingerprint density at radius 1 is 1.33 bits per heavy atom. The Hall–Kier alpha value is -0.190. The first-order chi connectivity index (χ1) is 6.93. The van der Waals surface area contributed by atoms with Crippen LogP contribution in [-0.4, -0.2) is 35.9 Å². The minimum atomic E-state index is -3.12. The molecule has 0 heterocycles. The second-order valence-electron chi connectivity index (χ2n) is 3.03. The molecule has 6 heteroatoms. The van der Waals surface area contributed by atoms with Crippen LogP contribution in [0.1, 0.15) is 20.8 Å². The van der Waals surface area contributed by atoms with Crippen LogP contribution in [0.5, 0.6) is 0 Å². The topological polar surface area (TPSA) is 76.0 Å². The standard InChI is InChI=1S/C9H19O5P/c1-4-13-15(12,14-5-2)7-8(3)6-9(10)11/h6,9-11H,4-5,7H2,1-3H3. The van der Waals surface area contributed by atoms with Gasteiger partial charge in [0.25, 0.3) is 0 Å². The summed E-state index contributed by atoms with van der Waals surface area (Å²) in [4.78, 5) is 0. The van der Waals surface area contributed by atoms with E-state index in [4.69, 9.17) is 19.3 Å². The number of hydrogen-bond acceptors (Lipinski definition) is 5. The molecule has 0 aromatic rings. The fourth-order valence-electron chi connectivity index (χ4n) is 1.13. The molecule has 0 aromatic heterocycles. The summed E-state index contributed by atoms with van der Waals surface area (Å²) < 4.78 is 22.1. The third-order valence-corrected chi connectivity index (χ3v) is 3.72. The number of hydrogen-bond donors (Lipinski definition) is 2. The summed E-state index contributed by atoms with van der Waals surface area (Å²) in [6.07, 6.45) is -0.265. The Balaban J connectivity index is 4.47. The molecule has 0 saturated carbocycles. The van der Waals surface area contributed by atoms with Gasteiger partial charge in [0.15, 0.2) is 6.29 Å². The molecule has 0 saturated heterocycles. The first-order valence-electron chi connectivity index (χ1n) is 4.85. The van der Waals surface area contributed by atoms with Crippen molar-refractivity contribution in [1.82, 2.24) is 0 Å². The summed E-state index contributed by atoms with van der Waals surface area (Å²) in [7, 11) is -3.12. The zero-order valence-corrected chi connectivity index (χ0v) is 10.2. The molecule has 0 fully saturated rings. The van der Waals surface area contributed by atoms with Crippen molar-refractivity contribution < 1.29 is 23.8 Å². The van der Waals surface area contributed by atoms with Gasteiger partial charge in [0.05, 0.1) is 19.4 Å². The number of aliphatic hydroxyl groups is 2. The van der Waals surface area contributed by atoms with E-state index in [0.717, 1.165) is 0 Å². The van der Waals surface area contributed by atoms with Crippen molar-refractivity contribution >= 4 is 7.60 Å². The molecule has 90 valence electrons. The van der Waals surface area contributed by atoms with Gasteiger partial charge in [-0.1, -0.05) is 5.57 Å². The molecule has 0 aliphatic heterocycles. The molecule has 0 amide bonds. The van der Waals surface area contributed by atoms with Crippen molar-refractivity contribution in [3.8, 4) is 0 Å². The highest BCUT2D eigenvalue weighted by molar-refractivity contribution is 7.54.